The summed E-state index contributed by atoms with van der Waals surface area (Å²) in [7, 11) is 0. The van der Waals surface area contributed by atoms with Crippen LogP contribution in [0.5, 0.6) is 0 Å². The van der Waals surface area contributed by atoms with E-state index in [1.807, 2.05) is 18.2 Å². The summed E-state index contributed by atoms with van der Waals surface area (Å²) in [4.78, 5) is 14.9. The molecule has 2 aliphatic rings. The second kappa shape index (κ2) is 7.92. The maximum Gasteiger partial charge on any atom is 0.111 e. The molecule has 0 saturated carbocycles. The van der Waals surface area contributed by atoms with Crippen LogP contribution in [0, 0.1) is 0 Å². The first-order valence-electron chi connectivity index (χ1n) is 10.2. The number of fused-ring (bicyclic) bond motifs is 1. The molecule has 1 saturated heterocycles. The molecule has 3 aromatic rings. The lowest BCUT2D eigenvalue weighted by molar-refractivity contribution is 0.382. The second-order valence-electron chi connectivity index (χ2n) is 7.43. The van der Waals surface area contributed by atoms with Crippen LogP contribution in [-0.4, -0.2) is 42.6 Å². The highest BCUT2D eigenvalue weighted by Crippen LogP contribution is 2.32. The summed E-state index contributed by atoms with van der Waals surface area (Å²) >= 11 is 0. The van der Waals surface area contributed by atoms with Crippen LogP contribution in [-0.2, 0) is 0 Å². The van der Waals surface area contributed by atoms with Gasteiger partial charge >= 0.3 is 0 Å². The second-order valence-corrected chi connectivity index (χ2v) is 7.43. The molecule has 0 unspecified atom stereocenters. The Morgan fingerprint density at radius 2 is 1.10 bits per heavy atom. The number of piperazine rings is 1. The zero-order chi connectivity index (χ0) is 19.5. The largest absolute Gasteiger partial charge is 0.368 e. The SMILES string of the molecule is c1ccc(C2=Nc3ccccc3N=C(N3CCN(c4ccccc4)CC3)C2)cc1. The van der Waals surface area contributed by atoms with Gasteiger partial charge in [0, 0.05) is 38.3 Å². The quantitative estimate of drug-likeness (QED) is 0.622. The predicted octanol–water partition coefficient (Wildman–Crippen LogP) is 5.06. The van der Waals surface area contributed by atoms with Crippen molar-refractivity contribution in [2.24, 2.45) is 9.98 Å². The van der Waals surface area contributed by atoms with Crippen LogP contribution in [0.25, 0.3) is 0 Å². The molecule has 4 heteroatoms. The lowest BCUT2D eigenvalue weighted by Crippen LogP contribution is -2.49. The first-order chi connectivity index (χ1) is 14.4. The predicted molar refractivity (Wildman–Crippen MR) is 121 cm³/mol. The lowest BCUT2D eigenvalue weighted by atomic mass is 10.1. The van der Waals surface area contributed by atoms with Gasteiger partial charge in [0.1, 0.15) is 5.84 Å². The summed E-state index contributed by atoms with van der Waals surface area (Å²) in [6.45, 7) is 3.95. The van der Waals surface area contributed by atoms with Crippen molar-refractivity contribution in [2.45, 2.75) is 6.42 Å². The molecule has 0 amide bonds. The van der Waals surface area contributed by atoms with Gasteiger partial charge in [-0.3, -0.25) is 4.99 Å². The summed E-state index contributed by atoms with van der Waals surface area (Å²) in [6.07, 6.45) is 0.754. The minimum atomic E-state index is 0.754. The Balaban J connectivity index is 1.42. The molecule has 0 aromatic heterocycles. The maximum atomic E-state index is 5.05. The topological polar surface area (TPSA) is 31.2 Å². The molecule has 0 N–H and O–H groups in total. The minimum absolute atomic E-state index is 0.754. The van der Waals surface area contributed by atoms with Crippen LogP contribution in [0.1, 0.15) is 12.0 Å². The normalized spacial score (nSPS) is 16.6. The Labute approximate surface area is 171 Å². The van der Waals surface area contributed by atoms with Gasteiger partial charge in [-0.25, -0.2) is 4.99 Å². The third-order valence-electron chi connectivity index (χ3n) is 5.59. The van der Waals surface area contributed by atoms with Gasteiger partial charge in [-0.1, -0.05) is 60.7 Å². The van der Waals surface area contributed by atoms with E-state index in [0.29, 0.717) is 0 Å². The molecule has 0 atom stereocenters. The monoisotopic (exact) mass is 380 g/mol. The Morgan fingerprint density at radius 1 is 0.552 bits per heavy atom. The zero-order valence-electron chi connectivity index (χ0n) is 16.4. The number of rotatable bonds is 2. The molecule has 0 aliphatic carbocycles. The van der Waals surface area contributed by atoms with Crippen molar-refractivity contribution in [2.75, 3.05) is 31.1 Å². The molecule has 1 fully saturated rings. The molecular formula is C25H24N4. The van der Waals surface area contributed by atoms with Crippen molar-refractivity contribution in [3.05, 3.63) is 90.5 Å². The van der Waals surface area contributed by atoms with Crippen LogP contribution in [0.4, 0.5) is 17.1 Å². The Kier molecular flexibility index (Phi) is 4.83. The molecule has 2 aliphatic heterocycles. The molecular weight excluding hydrogens is 356 g/mol. The molecule has 3 aromatic carbocycles. The summed E-state index contributed by atoms with van der Waals surface area (Å²) in [6, 6.07) is 29.3. The number of nitrogens with zero attached hydrogens (tertiary/aromatic N) is 4. The average Bonchev–Trinajstić information content (AvgIpc) is 3.00. The van der Waals surface area contributed by atoms with Crippen LogP contribution in [0.3, 0.4) is 0 Å². The van der Waals surface area contributed by atoms with Crippen molar-refractivity contribution in [1.29, 1.82) is 0 Å². The van der Waals surface area contributed by atoms with E-state index in [1.165, 1.54) is 11.3 Å². The summed E-state index contributed by atoms with van der Waals surface area (Å²) in [5.41, 5.74) is 5.45. The van der Waals surface area contributed by atoms with Gasteiger partial charge in [0.2, 0.25) is 0 Å². The molecule has 2 heterocycles. The summed E-state index contributed by atoms with van der Waals surface area (Å²) in [5, 5.41) is 0. The van der Waals surface area contributed by atoms with Gasteiger partial charge in [0.15, 0.2) is 0 Å². The molecule has 29 heavy (non-hydrogen) atoms. The lowest BCUT2D eigenvalue weighted by Gasteiger charge is -2.37. The molecule has 5 rings (SSSR count). The maximum absolute atomic E-state index is 5.05. The Hall–Kier alpha value is -3.40. The van der Waals surface area contributed by atoms with E-state index in [1.54, 1.807) is 0 Å². The van der Waals surface area contributed by atoms with Crippen molar-refractivity contribution in [3.8, 4) is 0 Å². The van der Waals surface area contributed by atoms with E-state index >= 15 is 0 Å². The van der Waals surface area contributed by atoms with Crippen molar-refractivity contribution >= 4 is 28.6 Å². The minimum Gasteiger partial charge on any atom is -0.368 e. The molecule has 144 valence electrons. The highest BCUT2D eigenvalue weighted by molar-refractivity contribution is 6.14. The fourth-order valence-corrected chi connectivity index (χ4v) is 4.01. The smallest absolute Gasteiger partial charge is 0.111 e. The summed E-state index contributed by atoms with van der Waals surface area (Å²) in [5.74, 6) is 1.12. The van der Waals surface area contributed by atoms with Crippen LogP contribution < -0.4 is 4.90 Å². The zero-order valence-corrected chi connectivity index (χ0v) is 16.4. The van der Waals surface area contributed by atoms with Crippen molar-refractivity contribution in [1.82, 2.24) is 4.90 Å². The Bertz CT molecular complexity index is 1030. The number of benzene rings is 3. The van der Waals surface area contributed by atoms with Gasteiger partial charge in [-0.15, -0.1) is 0 Å². The van der Waals surface area contributed by atoms with Gasteiger partial charge in [-0.05, 0) is 29.8 Å². The number of hydrogen-bond acceptors (Lipinski definition) is 4. The number of hydrogen-bond donors (Lipinski definition) is 0. The van der Waals surface area contributed by atoms with Gasteiger partial charge in [0.05, 0.1) is 17.1 Å². The van der Waals surface area contributed by atoms with Gasteiger partial charge in [0.25, 0.3) is 0 Å². The fraction of sp³-hybridized carbons (Fsp3) is 0.200. The highest BCUT2D eigenvalue weighted by atomic mass is 15.3. The average molecular weight is 380 g/mol. The standard InChI is InChI=1S/C25H24N4/c1-3-9-20(10-4-1)24-19-25(27-23-14-8-7-13-22(23)26-24)29-17-15-28(16-18-29)21-11-5-2-6-12-21/h1-14H,15-19H2. The van der Waals surface area contributed by atoms with E-state index in [0.717, 1.165) is 55.5 Å². The van der Waals surface area contributed by atoms with Gasteiger partial charge < -0.3 is 9.80 Å². The van der Waals surface area contributed by atoms with E-state index in [9.17, 15) is 0 Å². The molecule has 0 spiro atoms. The first-order valence-corrected chi connectivity index (χ1v) is 10.2. The third kappa shape index (κ3) is 3.79. The molecule has 4 nitrogen and oxygen atoms in total. The third-order valence-corrected chi connectivity index (χ3v) is 5.59. The van der Waals surface area contributed by atoms with Crippen LogP contribution >= 0.6 is 0 Å². The van der Waals surface area contributed by atoms with E-state index in [4.69, 9.17) is 9.98 Å². The number of amidine groups is 1. The first kappa shape index (κ1) is 17.7. The Morgan fingerprint density at radius 3 is 1.79 bits per heavy atom. The van der Waals surface area contributed by atoms with Crippen molar-refractivity contribution < 1.29 is 0 Å². The van der Waals surface area contributed by atoms with E-state index < -0.39 is 0 Å². The van der Waals surface area contributed by atoms with Crippen LogP contribution in [0.15, 0.2) is 94.9 Å². The van der Waals surface area contributed by atoms with Crippen molar-refractivity contribution in [3.63, 3.8) is 0 Å². The van der Waals surface area contributed by atoms with E-state index in [2.05, 4.69) is 76.5 Å². The fourth-order valence-electron chi connectivity index (χ4n) is 4.01. The van der Waals surface area contributed by atoms with Gasteiger partial charge in [-0.2, -0.15) is 0 Å². The summed E-state index contributed by atoms with van der Waals surface area (Å²) < 4.78 is 0. The molecule has 0 bridgehead atoms. The highest BCUT2D eigenvalue weighted by Gasteiger charge is 2.23. The number of para-hydroxylation sites is 3. The number of aliphatic imine (C=N–C) groups is 2. The van der Waals surface area contributed by atoms with E-state index in [-0.39, 0.29) is 0 Å². The van der Waals surface area contributed by atoms with Crippen LogP contribution in [0.2, 0.25) is 0 Å². The molecule has 0 radical (unpaired) electrons. The number of anilines is 1.